The van der Waals surface area contributed by atoms with Gasteiger partial charge in [-0.2, -0.15) is 5.10 Å². The van der Waals surface area contributed by atoms with E-state index in [1.807, 2.05) is 30.5 Å². The van der Waals surface area contributed by atoms with E-state index in [1.54, 1.807) is 12.3 Å². The predicted octanol–water partition coefficient (Wildman–Crippen LogP) is 4.37. The van der Waals surface area contributed by atoms with Crippen molar-refractivity contribution in [1.82, 2.24) is 25.1 Å². The molecule has 4 heterocycles. The van der Waals surface area contributed by atoms with Crippen molar-refractivity contribution >= 4 is 27.9 Å². The third-order valence-corrected chi connectivity index (χ3v) is 8.44. The molecule has 0 unspecified atom stereocenters. The summed E-state index contributed by atoms with van der Waals surface area (Å²) in [5.41, 5.74) is 12.0. The summed E-state index contributed by atoms with van der Waals surface area (Å²) < 4.78 is 14.7. The normalized spacial score (nSPS) is 23.2. The smallest absolute Gasteiger partial charge is 0.202 e. The number of hydrogen-bond acceptors (Lipinski definition) is 6. The van der Waals surface area contributed by atoms with Crippen molar-refractivity contribution in [3.63, 3.8) is 0 Å². The topological polar surface area (TPSA) is 96.6 Å². The van der Waals surface area contributed by atoms with Gasteiger partial charge in [-0.3, -0.25) is 10.1 Å². The Balaban J connectivity index is 1.20. The molecule has 2 fully saturated rings. The minimum absolute atomic E-state index is 0.158. The van der Waals surface area contributed by atoms with Crippen LogP contribution in [0.1, 0.15) is 17.5 Å². The van der Waals surface area contributed by atoms with Crippen LogP contribution in [0.15, 0.2) is 60.9 Å². The molecule has 3 N–H and O–H groups in total. The van der Waals surface area contributed by atoms with E-state index in [4.69, 9.17) is 15.7 Å². The first-order valence-corrected chi connectivity index (χ1v) is 12.4. The highest BCUT2D eigenvalue weighted by Crippen LogP contribution is 2.63. The van der Waals surface area contributed by atoms with Crippen molar-refractivity contribution in [2.24, 2.45) is 17.6 Å². The summed E-state index contributed by atoms with van der Waals surface area (Å²) in [6, 6.07) is 15.2. The fourth-order valence-electron chi connectivity index (χ4n) is 6.53. The minimum Gasteiger partial charge on any atom is -0.355 e. The van der Waals surface area contributed by atoms with Gasteiger partial charge in [0.1, 0.15) is 17.2 Å². The van der Waals surface area contributed by atoms with Crippen molar-refractivity contribution in [2.75, 3.05) is 24.5 Å². The Kier molecular flexibility index (Phi) is 4.63. The van der Waals surface area contributed by atoms with E-state index in [0.717, 1.165) is 64.1 Å². The van der Waals surface area contributed by atoms with Crippen molar-refractivity contribution in [3.05, 3.63) is 77.9 Å². The van der Waals surface area contributed by atoms with E-state index in [-0.39, 0.29) is 11.2 Å². The van der Waals surface area contributed by atoms with Crippen LogP contribution in [-0.2, 0) is 5.41 Å². The lowest BCUT2D eigenvalue weighted by molar-refractivity contribution is 0.533. The number of aromatic nitrogens is 5. The SMILES string of the molecule is Cc1c(-c2[nH]nc3nc(N4CC[C@@H]5[C@H](C4)[C@@]5(CN)c4ccccc4F)cnc23)ccc2ncccc12. The number of rotatable bonds is 4. The summed E-state index contributed by atoms with van der Waals surface area (Å²) in [4.78, 5) is 16.3. The van der Waals surface area contributed by atoms with Gasteiger partial charge in [-0.05, 0) is 54.5 Å². The van der Waals surface area contributed by atoms with Crippen molar-refractivity contribution < 1.29 is 4.39 Å². The second-order valence-electron chi connectivity index (χ2n) is 9.98. The molecule has 3 aromatic heterocycles. The average Bonchev–Trinajstić information content (AvgIpc) is 3.38. The molecule has 7 rings (SSSR count). The molecule has 1 aliphatic carbocycles. The Morgan fingerprint density at radius 3 is 2.86 bits per heavy atom. The maximum absolute atomic E-state index is 14.7. The summed E-state index contributed by atoms with van der Waals surface area (Å²) in [6.45, 7) is 4.16. The first-order chi connectivity index (χ1) is 17.6. The van der Waals surface area contributed by atoms with Gasteiger partial charge in [-0.15, -0.1) is 0 Å². The number of benzene rings is 2. The Hall–Kier alpha value is -3.91. The lowest BCUT2D eigenvalue weighted by Gasteiger charge is -2.26. The number of H-pyrrole nitrogens is 1. The van der Waals surface area contributed by atoms with Crippen LogP contribution in [0.4, 0.5) is 10.2 Å². The van der Waals surface area contributed by atoms with Gasteiger partial charge in [0.15, 0.2) is 0 Å². The van der Waals surface area contributed by atoms with Gasteiger partial charge >= 0.3 is 0 Å². The zero-order chi connectivity index (χ0) is 24.4. The maximum atomic E-state index is 14.7. The number of piperidine rings is 1. The number of pyridine rings is 1. The highest BCUT2D eigenvalue weighted by molar-refractivity contribution is 5.94. The zero-order valence-corrected chi connectivity index (χ0v) is 19.9. The molecule has 0 spiro atoms. The molecule has 0 bridgehead atoms. The van der Waals surface area contributed by atoms with Gasteiger partial charge in [-0.25, -0.2) is 14.4 Å². The van der Waals surface area contributed by atoms with Crippen LogP contribution in [0, 0.1) is 24.6 Å². The summed E-state index contributed by atoms with van der Waals surface area (Å²) >= 11 is 0. The lowest BCUT2D eigenvalue weighted by atomic mass is 9.91. The Bertz CT molecular complexity index is 1630. The molecule has 36 heavy (non-hydrogen) atoms. The van der Waals surface area contributed by atoms with E-state index < -0.39 is 0 Å². The van der Waals surface area contributed by atoms with Gasteiger partial charge in [0.05, 0.1) is 17.4 Å². The van der Waals surface area contributed by atoms with E-state index >= 15 is 0 Å². The summed E-state index contributed by atoms with van der Waals surface area (Å²) in [7, 11) is 0. The van der Waals surface area contributed by atoms with Crippen LogP contribution in [-0.4, -0.2) is 44.8 Å². The summed E-state index contributed by atoms with van der Waals surface area (Å²) in [6.07, 6.45) is 4.58. The van der Waals surface area contributed by atoms with Gasteiger partial charge in [0.25, 0.3) is 0 Å². The zero-order valence-electron chi connectivity index (χ0n) is 19.9. The van der Waals surface area contributed by atoms with Crippen molar-refractivity contribution in [1.29, 1.82) is 0 Å². The number of fused-ring (bicyclic) bond motifs is 3. The van der Waals surface area contributed by atoms with Crippen LogP contribution in [0.2, 0.25) is 0 Å². The van der Waals surface area contributed by atoms with Crippen molar-refractivity contribution in [2.45, 2.75) is 18.8 Å². The first kappa shape index (κ1) is 21.4. The lowest BCUT2D eigenvalue weighted by Crippen LogP contribution is -2.32. The number of anilines is 1. The van der Waals surface area contributed by atoms with E-state index in [0.29, 0.717) is 24.0 Å². The first-order valence-electron chi connectivity index (χ1n) is 12.4. The second kappa shape index (κ2) is 7.80. The number of hydrogen-bond donors (Lipinski definition) is 2. The van der Waals surface area contributed by atoms with Gasteiger partial charge < -0.3 is 10.6 Å². The highest BCUT2D eigenvalue weighted by atomic mass is 19.1. The van der Waals surface area contributed by atoms with E-state index in [9.17, 15) is 4.39 Å². The molecule has 180 valence electrons. The molecular weight excluding hydrogens is 453 g/mol. The Labute approximate surface area is 207 Å². The largest absolute Gasteiger partial charge is 0.355 e. The van der Waals surface area contributed by atoms with E-state index in [1.165, 1.54) is 6.07 Å². The molecule has 1 saturated heterocycles. The van der Waals surface area contributed by atoms with Crippen LogP contribution in [0.25, 0.3) is 33.3 Å². The molecule has 0 amide bonds. The Morgan fingerprint density at radius 1 is 1.11 bits per heavy atom. The third-order valence-electron chi connectivity index (χ3n) is 8.44. The molecule has 5 aromatic rings. The molecular formula is C28H26FN7. The summed E-state index contributed by atoms with van der Waals surface area (Å²) in [5.74, 6) is 1.34. The number of halogens is 1. The van der Waals surface area contributed by atoms with Crippen LogP contribution >= 0.6 is 0 Å². The fraction of sp³-hybridized carbons (Fsp3) is 0.286. The predicted molar refractivity (Wildman–Crippen MR) is 138 cm³/mol. The second-order valence-corrected chi connectivity index (χ2v) is 9.98. The Morgan fingerprint density at radius 2 is 2.00 bits per heavy atom. The highest BCUT2D eigenvalue weighted by Gasteiger charge is 2.66. The van der Waals surface area contributed by atoms with Crippen LogP contribution < -0.4 is 10.6 Å². The molecule has 8 heteroatoms. The molecule has 1 saturated carbocycles. The number of nitrogens with one attached hydrogen (secondary N) is 1. The molecule has 2 aromatic carbocycles. The van der Waals surface area contributed by atoms with Crippen LogP contribution in [0.3, 0.4) is 0 Å². The number of aryl methyl sites for hydroxylation is 1. The average molecular weight is 480 g/mol. The number of aromatic amines is 1. The monoisotopic (exact) mass is 479 g/mol. The molecule has 0 radical (unpaired) electrons. The maximum Gasteiger partial charge on any atom is 0.202 e. The fourth-order valence-corrected chi connectivity index (χ4v) is 6.53. The number of nitrogens with zero attached hydrogens (tertiary/aromatic N) is 5. The summed E-state index contributed by atoms with van der Waals surface area (Å²) in [5, 5.41) is 8.76. The standard InChI is InChI=1S/C28H26FN7/c1-16-17-5-4-11-31-23(17)9-8-18(16)25-26-27(35-34-25)33-24(13-32-26)36-12-10-19-21(14-36)28(19,15-30)20-6-2-3-7-22(20)29/h2-9,11,13,19,21H,10,12,14-15,30H2,1H3,(H,33,34,35)/t19-,21+,28-/m1/s1. The third kappa shape index (κ3) is 2.94. The molecule has 1 aliphatic heterocycles. The number of nitrogens with two attached hydrogens (primary N) is 1. The van der Waals surface area contributed by atoms with Gasteiger partial charge in [0.2, 0.25) is 5.65 Å². The van der Waals surface area contributed by atoms with Gasteiger partial charge in [0, 0.05) is 42.2 Å². The minimum atomic E-state index is -0.292. The van der Waals surface area contributed by atoms with Gasteiger partial charge in [-0.1, -0.05) is 30.3 Å². The van der Waals surface area contributed by atoms with Crippen LogP contribution in [0.5, 0.6) is 0 Å². The molecule has 7 nitrogen and oxygen atoms in total. The quantitative estimate of drug-likeness (QED) is 0.397. The van der Waals surface area contributed by atoms with E-state index in [2.05, 4.69) is 39.1 Å². The van der Waals surface area contributed by atoms with Crippen molar-refractivity contribution in [3.8, 4) is 11.3 Å². The molecule has 2 aliphatic rings. The molecule has 3 atom stereocenters.